The first kappa shape index (κ1) is 17.3. The number of nitrogens with one attached hydrogen (secondary N) is 2. The molecule has 3 heterocycles. The van der Waals surface area contributed by atoms with Gasteiger partial charge in [0, 0.05) is 26.4 Å². The molecule has 0 unspecified atom stereocenters. The predicted molar refractivity (Wildman–Crippen MR) is 100 cm³/mol. The van der Waals surface area contributed by atoms with Gasteiger partial charge in [-0.3, -0.25) is 9.59 Å². The normalized spacial score (nSPS) is 16.7. The number of fused-ring (bicyclic) bond motifs is 1. The van der Waals surface area contributed by atoms with Crippen molar-refractivity contribution in [1.82, 2.24) is 19.4 Å². The molecule has 4 rings (SSSR count). The van der Waals surface area contributed by atoms with Gasteiger partial charge in [-0.25, -0.2) is 9.36 Å². The van der Waals surface area contributed by atoms with E-state index in [0.717, 1.165) is 17.4 Å². The molecular weight excluding hydrogens is 348 g/mol. The molecule has 1 aliphatic heterocycles. The number of hydrogen-bond acceptors (Lipinski definition) is 4. The van der Waals surface area contributed by atoms with Crippen molar-refractivity contribution < 1.29 is 9.53 Å². The molecule has 27 heavy (non-hydrogen) atoms. The zero-order valence-corrected chi connectivity index (χ0v) is 14.9. The summed E-state index contributed by atoms with van der Waals surface area (Å²) in [5.74, 6) is -0.344. The third-order valence-corrected chi connectivity index (χ3v) is 4.80. The van der Waals surface area contributed by atoms with Crippen LogP contribution in [0.4, 0.5) is 0 Å². The number of ether oxygens (including phenoxy) is 1. The van der Waals surface area contributed by atoms with E-state index >= 15 is 0 Å². The number of carbonyl (C=O) groups is 1. The SMILES string of the molecule is Cn1cc(C(=O)NC[C@H]2CCCO2)c2[nH]c(=O)n(-c3ccccc3)c(=O)c21. The molecule has 1 atom stereocenters. The second-order valence-electron chi connectivity index (χ2n) is 6.63. The monoisotopic (exact) mass is 368 g/mol. The Labute approximate surface area is 154 Å². The lowest BCUT2D eigenvalue weighted by Gasteiger charge is -2.10. The molecule has 0 spiro atoms. The standard InChI is InChI=1S/C19H20N4O4/c1-22-11-14(17(24)20-10-13-8-5-9-27-13)15-16(22)18(25)23(19(26)21-15)12-6-3-2-4-7-12/h2-4,6-7,11,13H,5,8-10H2,1H3,(H,20,24)(H,21,26)/t13-/m1/s1. The van der Waals surface area contributed by atoms with Crippen molar-refractivity contribution in [1.29, 1.82) is 0 Å². The number of aromatic amines is 1. The molecule has 8 nitrogen and oxygen atoms in total. The van der Waals surface area contributed by atoms with E-state index in [2.05, 4.69) is 10.3 Å². The van der Waals surface area contributed by atoms with Crippen LogP contribution in [0.3, 0.4) is 0 Å². The molecule has 0 aliphatic carbocycles. The van der Waals surface area contributed by atoms with Crippen molar-refractivity contribution in [2.75, 3.05) is 13.2 Å². The fourth-order valence-electron chi connectivity index (χ4n) is 3.46. The Morgan fingerprint density at radius 2 is 2.07 bits per heavy atom. The maximum atomic E-state index is 12.9. The summed E-state index contributed by atoms with van der Waals surface area (Å²) in [4.78, 5) is 40.8. The van der Waals surface area contributed by atoms with Crippen molar-refractivity contribution in [2.24, 2.45) is 7.05 Å². The Bertz CT molecular complexity index is 1100. The van der Waals surface area contributed by atoms with E-state index in [0.29, 0.717) is 18.8 Å². The van der Waals surface area contributed by atoms with E-state index < -0.39 is 11.2 Å². The number of benzene rings is 1. The molecule has 2 N–H and O–H groups in total. The van der Waals surface area contributed by atoms with E-state index in [4.69, 9.17) is 4.74 Å². The summed E-state index contributed by atoms with van der Waals surface area (Å²) < 4.78 is 8.13. The van der Waals surface area contributed by atoms with E-state index in [1.165, 1.54) is 0 Å². The van der Waals surface area contributed by atoms with Gasteiger partial charge in [0.2, 0.25) is 0 Å². The van der Waals surface area contributed by atoms with Crippen molar-refractivity contribution >= 4 is 16.9 Å². The van der Waals surface area contributed by atoms with Gasteiger partial charge >= 0.3 is 5.69 Å². The zero-order chi connectivity index (χ0) is 19.0. The summed E-state index contributed by atoms with van der Waals surface area (Å²) in [5, 5.41) is 2.82. The number of hydrogen-bond donors (Lipinski definition) is 2. The summed E-state index contributed by atoms with van der Waals surface area (Å²) in [7, 11) is 1.67. The van der Waals surface area contributed by atoms with Crippen LogP contribution in [0.2, 0.25) is 0 Å². The summed E-state index contributed by atoms with van der Waals surface area (Å²) in [5.41, 5.74) is 0.181. The first-order valence-corrected chi connectivity index (χ1v) is 8.86. The number of aromatic nitrogens is 3. The van der Waals surface area contributed by atoms with Crippen LogP contribution in [0.1, 0.15) is 23.2 Å². The molecule has 8 heteroatoms. The molecule has 1 fully saturated rings. The highest BCUT2D eigenvalue weighted by molar-refractivity contribution is 6.05. The van der Waals surface area contributed by atoms with Gasteiger partial charge in [-0.15, -0.1) is 0 Å². The number of nitrogens with zero attached hydrogens (tertiary/aromatic N) is 2. The largest absolute Gasteiger partial charge is 0.376 e. The molecular formula is C19H20N4O4. The molecule has 0 radical (unpaired) electrons. The fourth-order valence-corrected chi connectivity index (χ4v) is 3.46. The van der Waals surface area contributed by atoms with E-state index in [1.807, 2.05) is 0 Å². The second kappa shape index (κ2) is 6.88. The third kappa shape index (κ3) is 3.08. The number of rotatable bonds is 4. The Kier molecular flexibility index (Phi) is 4.41. The van der Waals surface area contributed by atoms with Crippen LogP contribution in [-0.4, -0.2) is 39.3 Å². The maximum Gasteiger partial charge on any atom is 0.333 e. The number of para-hydroxylation sites is 1. The lowest BCUT2D eigenvalue weighted by atomic mass is 10.2. The van der Waals surface area contributed by atoms with Crippen LogP contribution in [-0.2, 0) is 11.8 Å². The summed E-state index contributed by atoms with van der Waals surface area (Å²) in [6, 6.07) is 8.67. The molecule has 0 bridgehead atoms. The number of amides is 1. The summed E-state index contributed by atoms with van der Waals surface area (Å²) in [6.45, 7) is 1.11. The number of aryl methyl sites for hydroxylation is 1. The Balaban J connectivity index is 1.75. The van der Waals surface area contributed by atoms with E-state index in [-0.39, 0.29) is 28.6 Å². The van der Waals surface area contributed by atoms with Gasteiger partial charge < -0.3 is 19.6 Å². The van der Waals surface area contributed by atoms with Crippen LogP contribution < -0.4 is 16.6 Å². The zero-order valence-electron chi connectivity index (χ0n) is 14.9. The Morgan fingerprint density at radius 3 is 2.78 bits per heavy atom. The van der Waals surface area contributed by atoms with E-state index in [1.54, 1.807) is 48.1 Å². The van der Waals surface area contributed by atoms with Gasteiger partial charge in [-0.2, -0.15) is 0 Å². The minimum absolute atomic E-state index is 0.0123. The van der Waals surface area contributed by atoms with Gasteiger partial charge in [0.05, 0.1) is 22.9 Å². The molecule has 0 saturated carbocycles. The van der Waals surface area contributed by atoms with Crippen molar-refractivity contribution in [3.05, 3.63) is 62.9 Å². The van der Waals surface area contributed by atoms with E-state index in [9.17, 15) is 14.4 Å². The Morgan fingerprint density at radius 1 is 1.30 bits per heavy atom. The highest BCUT2D eigenvalue weighted by Gasteiger charge is 2.22. The van der Waals surface area contributed by atoms with Crippen LogP contribution in [0.15, 0.2) is 46.1 Å². The summed E-state index contributed by atoms with van der Waals surface area (Å²) >= 11 is 0. The average Bonchev–Trinajstić information content (AvgIpc) is 3.28. The van der Waals surface area contributed by atoms with Crippen LogP contribution in [0.5, 0.6) is 0 Å². The van der Waals surface area contributed by atoms with Crippen molar-refractivity contribution in [3.8, 4) is 5.69 Å². The maximum absolute atomic E-state index is 12.9. The van der Waals surface area contributed by atoms with Crippen LogP contribution in [0, 0.1) is 0 Å². The third-order valence-electron chi connectivity index (χ3n) is 4.80. The first-order valence-electron chi connectivity index (χ1n) is 8.86. The molecule has 1 aliphatic rings. The first-order chi connectivity index (χ1) is 13.1. The van der Waals surface area contributed by atoms with Gasteiger partial charge in [-0.05, 0) is 25.0 Å². The lowest BCUT2D eigenvalue weighted by molar-refractivity contribution is 0.0859. The van der Waals surface area contributed by atoms with Gasteiger partial charge in [0.1, 0.15) is 5.52 Å². The quantitative estimate of drug-likeness (QED) is 0.716. The van der Waals surface area contributed by atoms with Gasteiger partial charge in [0.25, 0.3) is 11.5 Å². The van der Waals surface area contributed by atoms with Gasteiger partial charge in [-0.1, -0.05) is 18.2 Å². The van der Waals surface area contributed by atoms with Crippen molar-refractivity contribution in [2.45, 2.75) is 18.9 Å². The Hall–Kier alpha value is -3.13. The molecule has 1 amide bonds. The minimum Gasteiger partial charge on any atom is -0.376 e. The molecule has 2 aromatic heterocycles. The molecule has 1 aromatic carbocycles. The van der Waals surface area contributed by atoms with Gasteiger partial charge in [0.15, 0.2) is 0 Å². The molecule has 3 aromatic rings. The molecule has 140 valence electrons. The van der Waals surface area contributed by atoms with Crippen LogP contribution >= 0.6 is 0 Å². The topological polar surface area (TPSA) is 98.1 Å². The molecule has 1 saturated heterocycles. The smallest absolute Gasteiger partial charge is 0.333 e. The number of H-pyrrole nitrogens is 1. The average molecular weight is 368 g/mol. The van der Waals surface area contributed by atoms with Crippen molar-refractivity contribution in [3.63, 3.8) is 0 Å². The second-order valence-corrected chi connectivity index (χ2v) is 6.63. The fraction of sp³-hybridized carbons (Fsp3) is 0.316. The predicted octanol–water partition coefficient (Wildman–Crippen LogP) is 0.926. The van der Waals surface area contributed by atoms with Crippen LogP contribution in [0.25, 0.3) is 16.7 Å². The number of carbonyl (C=O) groups excluding carboxylic acids is 1. The minimum atomic E-state index is -0.585. The lowest BCUT2D eigenvalue weighted by Crippen LogP contribution is -2.35. The highest BCUT2D eigenvalue weighted by atomic mass is 16.5. The summed E-state index contributed by atoms with van der Waals surface area (Å²) in [6.07, 6.45) is 3.47. The highest BCUT2D eigenvalue weighted by Crippen LogP contribution is 2.16.